The second-order valence-corrected chi connectivity index (χ2v) is 7.44. The molecule has 34 heavy (non-hydrogen) atoms. The third-order valence-corrected chi connectivity index (χ3v) is 5.13. The standard InChI is InChI=1S/C21H23ClF3N5O4/c1-3-33-19(31)13(11-26)9-15(20(32)34-4-2)17(27)29-5-7-30(8-6-29)18-16(22)10-14(12-28-18)21(23,24)25/h9-10,12,15,27H,3-8H2,1-2H3/b13-9-,27-17?. The highest BCUT2D eigenvalue weighted by Gasteiger charge is 2.34. The maximum Gasteiger partial charge on any atom is 0.417 e. The highest BCUT2D eigenvalue weighted by atomic mass is 35.5. The van der Waals surface area contributed by atoms with Gasteiger partial charge in [-0.05, 0) is 26.0 Å². The molecule has 2 heterocycles. The first-order valence-corrected chi connectivity index (χ1v) is 10.7. The van der Waals surface area contributed by atoms with Crippen LogP contribution in [-0.4, -0.2) is 67.1 Å². The number of carbonyl (C=O) groups is 2. The monoisotopic (exact) mass is 501 g/mol. The molecule has 1 fully saturated rings. The van der Waals surface area contributed by atoms with Crippen LogP contribution in [0.5, 0.6) is 0 Å². The van der Waals surface area contributed by atoms with E-state index in [-0.39, 0.29) is 56.1 Å². The van der Waals surface area contributed by atoms with Crippen molar-refractivity contribution in [3.05, 3.63) is 34.5 Å². The van der Waals surface area contributed by atoms with Gasteiger partial charge in [-0.25, -0.2) is 9.78 Å². The van der Waals surface area contributed by atoms with Gasteiger partial charge in [0.2, 0.25) is 0 Å². The predicted molar refractivity (Wildman–Crippen MR) is 116 cm³/mol. The minimum Gasteiger partial charge on any atom is -0.465 e. The van der Waals surface area contributed by atoms with Gasteiger partial charge in [0, 0.05) is 32.4 Å². The van der Waals surface area contributed by atoms with Crippen LogP contribution in [0.25, 0.3) is 0 Å². The molecular weight excluding hydrogens is 479 g/mol. The first-order valence-electron chi connectivity index (χ1n) is 10.3. The molecule has 0 aromatic carbocycles. The van der Waals surface area contributed by atoms with Crippen LogP contribution < -0.4 is 4.90 Å². The van der Waals surface area contributed by atoms with Gasteiger partial charge >= 0.3 is 18.1 Å². The average Bonchev–Trinajstić information content (AvgIpc) is 2.79. The zero-order chi connectivity index (χ0) is 25.5. The molecule has 9 nitrogen and oxygen atoms in total. The number of ether oxygens (including phenoxy) is 2. The Labute approximate surface area is 199 Å². The van der Waals surface area contributed by atoms with Gasteiger partial charge in [-0.2, -0.15) is 18.4 Å². The van der Waals surface area contributed by atoms with E-state index in [2.05, 4.69) is 4.98 Å². The Balaban J connectivity index is 2.18. The SMILES string of the molecule is CCOC(=O)/C(C#N)=C\C(C(=N)N1CCN(c2ncc(C(F)(F)F)cc2Cl)CC1)C(=O)OCC. The maximum atomic E-state index is 12.9. The van der Waals surface area contributed by atoms with E-state index in [4.69, 9.17) is 26.5 Å². The molecule has 1 atom stereocenters. The molecule has 0 bridgehead atoms. The second-order valence-electron chi connectivity index (χ2n) is 7.03. The van der Waals surface area contributed by atoms with Crippen molar-refractivity contribution in [2.24, 2.45) is 5.92 Å². The number of nitrogens with one attached hydrogen (secondary N) is 1. The van der Waals surface area contributed by atoms with E-state index in [1.165, 1.54) is 0 Å². The van der Waals surface area contributed by atoms with Gasteiger partial charge in [0.25, 0.3) is 0 Å². The lowest BCUT2D eigenvalue weighted by atomic mass is 10.0. The molecule has 1 aliphatic rings. The van der Waals surface area contributed by atoms with Crippen LogP contribution in [0, 0.1) is 22.7 Å². The van der Waals surface area contributed by atoms with Crippen LogP contribution in [0.2, 0.25) is 5.02 Å². The number of aromatic nitrogens is 1. The number of nitriles is 1. The molecular formula is C21H23ClF3N5O4. The highest BCUT2D eigenvalue weighted by Crippen LogP contribution is 2.33. The summed E-state index contributed by atoms with van der Waals surface area (Å²) in [4.78, 5) is 31.5. The molecule has 1 aliphatic heterocycles. The summed E-state index contributed by atoms with van der Waals surface area (Å²) in [5.74, 6) is -3.06. The van der Waals surface area contributed by atoms with Gasteiger partial charge in [0.1, 0.15) is 29.2 Å². The van der Waals surface area contributed by atoms with Crippen LogP contribution in [-0.2, 0) is 25.2 Å². The summed E-state index contributed by atoms with van der Waals surface area (Å²) < 4.78 is 48.4. The van der Waals surface area contributed by atoms with Gasteiger partial charge in [-0.3, -0.25) is 10.2 Å². The van der Waals surface area contributed by atoms with Gasteiger partial charge in [-0.1, -0.05) is 11.6 Å². The van der Waals surface area contributed by atoms with E-state index in [0.29, 0.717) is 6.20 Å². The largest absolute Gasteiger partial charge is 0.465 e. The van der Waals surface area contributed by atoms with Crippen LogP contribution in [0.15, 0.2) is 23.9 Å². The summed E-state index contributed by atoms with van der Waals surface area (Å²) in [5, 5.41) is 17.6. The Bertz CT molecular complexity index is 1000. The van der Waals surface area contributed by atoms with Crippen LogP contribution >= 0.6 is 11.6 Å². The number of hydrogen-bond donors (Lipinski definition) is 1. The fraction of sp³-hybridized carbons (Fsp3) is 0.476. The first kappa shape index (κ1) is 26.9. The van der Waals surface area contributed by atoms with Crippen molar-refractivity contribution in [2.75, 3.05) is 44.3 Å². The van der Waals surface area contributed by atoms with Crippen molar-refractivity contribution in [1.82, 2.24) is 9.88 Å². The summed E-state index contributed by atoms with van der Waals surface area (Å²) in [5.41, 5.74) is -1.38. The number of halogens is 4. The average molecular weight is 502 g/mol. The topological polar surface area (TPSA) is 120 Å². The third-order valence-electron chi connectivity index (χ3n) is 4.85. The fourth-order valence-electron chi connectivity index (χ4n) is 3.19. The Morgan fingerprint density at radius 1 is 1.26 bits per heavy atom. The van der Waals surface area contributed by atoms with E-state index >= 15 is 0 Å². The minimum absolute atomic E-state index is 0.0296. The second kappa shape index (κ2) is 11.7. The summed E-state index contributed by atoms with van der Waals surface area (Å²) in [7, 11) is 0. The van der Waals surface area contributed by atoms with E-state index < -0.39 is 35.2 Å². The summed E-state index contributed by atoms with van der Waals surface area (Å²) in [6.45, 7) is 4.14. The molecule has 0 saturated carbocycles. The van der Waals surface area contributed by atoms with Crippen LogP contribution in [0.3, 0.4) is 0 Å². The zero-order valence-electron chi connectivity index (χ0n) is 18.5. The lowest BCUT2D eigenvalue weighted by molar-refractivity contribution is -0.144. The number of pyridine rings is 1. The number of carbonyl (C=O) groups excluding carboxylic acids is 2. The molecule has 1 aromatic heterocycles. The number of piperazine rings is 1. The maximum absolute atomic E-state index is 12.9. The number of anilines is 1. The number of nitrogens with zero attached hydrogens (tertiary/aromatic N) is 4. The number of esters is 2. The van der Waals surface area contributed by atoms with Crippen molar-refractivity contribution in [3.63, 3.8) is 0 Å². The van der Waals surface area contributed by atoms with E-state index in [1.807, 2.05) is 0 Å². The number of alkyl halides is 3. The van der Waals surface area contributed by atoms with Crippen LogP contribution in [0.4, 0.5) is 19.0 Å². The Hall–Kier alpha value is -3.33. The Morgan fingerprint density at radius 2 is 1.88 bits per heavy atom. The molecule has 13 heteroatoms. The summed E-state index contributed by atoms with van der Waals surface area (Å²) >= 11 is 6.02. The summed E-state index contributed by atoms with van der Waals surface area (Å²) in [6.07, 6.45) is -2.82. The van der Waals surface area contributed by atoms with Crippen molar-refractivity contribution in [3.8, 4) is 6.07 Å². The molecule has 2 rings (SSSR count). The fourth-order valence-corrected chi connectivity index (χ4v) is 3.48. The molecule has 0 amide bonds. The molecule has 1 N–H and O–H groups in total. The molecule has 1 saturated heterocycles. The molecule has 1 unspecified atom stereocenters. The molecule has 184 valence electrons. The minimum atomic E-state index is -4.57. The summed E-state index contributed by atoms with van der Waals surface area (Å²) in [6, 6.07) is 2.48. The normalized spacial score (nSPS) is 15.4. The van der Waals surface area contributed by atoms with Crippen molar-refractivity contribution < 1.29 is 32.2 Å². The van der Waals surface area contributed by atoms with Crippen molar-refractivity contribution in [2.45, 2.75) is 20.0 Å². The number of amidine groups is 1. The van der Waals surface area contributed by atoms with Gasteiger partial charge in [-0.15, -0.1) is 0 Å². The third kappa shape index (κ3) is 6.60. The number of rotatable bonds is 7. The predicted octanol–water partition coefficient (Wildman–Crippen LogP) is 3.05. The van der Waals surface area contributed by atoms with Gasteiger partial charge in [0.05, 0.1) is 23.8 Å². The Kier molecular flexibility index (Phi) is 9.26. The molecule has 0 aliphatic carbocycles. The van der Waals surface area contributed by atoms with Crippen molar-refractivity contribution >= 4 is 35.2 Å². The number of hydrogen-bond acceptors (Lipinski definition) is 8. The van der Waals surface area contributed by atoms with Gasteiger partial charge < -0.3 is 19.3 Å². The van der Waals surface area contributed by atoms with E-state index in [9.17, 15) is 28.0 Å². The Morgan fingerprint density at radius 3 is 2.38 bits per heavy atom. The molecule has 1 aromatic rings. The lowest BCUT2D eigenvalue weighted by Crippen LogP contribution is -2.51. The van der Waals surface area contributed by atoms with E-state index in [0.717, 1.165) is 12.1 Å². The zero-order valence-corrected chi connectivity index (χ0v) is 19.2. The van der Waals surface area contributed by atoms with E-state index in [1.54, 1.807) is 29.7 Å². The lowest BCUT2D eigenvalue weighted by Gasteiger charge is -2.38. The molecule has 0 radical (unpaired) electrons. The van der Waals surface area contributed by atoms with Gasteiger partial charge in [0.15, 0.2) is 0 Å². The molecule has 0 spiro atoms. The van der Waals surface area contributed by atoms with Crippen molar-refractivity contribution in [1.29, 1.82) is 10.7 Å². The first-order chi connectivity index (χ1) is 16.0. The highest BCUT2D eigenvalue weighted by molar-refractivity contribution is 6.33. The quantitative estimate of drug-likeness (QED) is 0.199. The smallest absolute Gasteiger partial charge is 0.417 e. The van der Waals surface area contributed by atoms with Crippen LogP contribution in [0.1, 0.15) is 19.4 Å².